The molecule has 4 aromatic heterocycles. The van der Waals surface area contributed by atoms with Gasteiger partial charge < -0.3 is 59.8 Å². The molecule has 0 spiro atoms. The summed E-state index contributed by atoms with van der Waals surface area (Å²) in [7, 11) is 12.9. The number of allylic oxidation sites excluding steroid dienone is 4. The van der Waals surface area contributed by atoms with Gasteiger partial charge in [-0.2, -0.15) is 21.0 Å². The van der Waals surface area contributed by atoms with Crippen LogP contribution in [0.2, 0.25) is 0 Å². The first-order valence-electron chi connectivity index (χ1n) is 54.4. The maximum absolute atomic E-state index is 14.3. The van der Waals surface area contributed by atoms with E-state index in [9.17, 15) is 57.8 Å². The van der Waals surface area contributed by atoms with Crippen LogP contribution in [0, 0.1) is 96.3 Å². The second kappa shape index (κ2) is 48.9. The van der Waals surface area contributed by atoms with Crippen molar-refractivity contribution >= 4 is 112 Å². The van der Waals surface area contributed by atoms with Crippen molar-refractivity contribution in [2.75, 3.05) is 130 Å². The molecule has 12 aromatic rings. The van der Waals surface area contributed by atoms with Crippen molar-refractivity contribution in [2.45, 2.75) is 81.0 Å². The normalized spacial score (nSPS) is 15.3. The fraction of sp³-hybridized carbons (Fsp3) is 0.269. The van der Waals surface area contributed by atoms with Gasteiger partial charge in [0, 0.05) is 177 Å². The molecule has 0 aliphatic rings. The molecular weight excluding hydrogens is 1680 g/mol. The average Bonchev–Trinajstić information content (AvgIpc) is 0.734. The Kier molecular flexibility index (Phi) is 24.6. The van der Waals surface area contributed by atoms with Gasteiger partial charge in [-0.25, -0.2) is 17.6 Å². The number of hydrogen-bond acceptors (Lipinski definition) is 24. The molecule has 12 rings (SSSR count). The van der Waals surface area contributed by atoms with Gasteiger partial charge in [0.1, 0.15) is 70.5 Å². The number of rotatable bonds is 36. The Balaban J connectivity index is 0.000000237. The summed E-state index contributed by atoms with van der Waals surface area (Å²) in [6.45, 7) is -4.61. The lowest BCUT2D eigenvalue weighted by molar-refractivity contribution is -0.114. The van der Waals surface area contributed by atoms with E-state index in [1.165, 1.54) is 146 Å². The number of aromatic nitrogens is 4. The lowest BCUT2D eigenvalue weighted by Crippen LogP contribution is -2.11. The fourth-order valence-electron chi connectivity index (χ4n) is 12.1. The molecular formula is C104H108F4N16O8. The van der Waals surface area contributed by atoms with Crippen LogP contribution < -0.4 is 40.2 Å². The predicted octanol–water partition coefficient (Wildman–Crippen LogP) is 19.7. The van der Waals surface area contributed by atoms with Gasteiger partial charge in [-0.3, -0.25) is 39.1 Å². The number of likely N-dealkylation sites (N-methyl/N-ethyl adjacent to an activating group) is 4. The van der Waals surface area contributed by atoms with Gasteiger partial charge in [-0.1, -0.05) is 24.3 Å². The number of nitrogens with one attached hydrogen (secondary N) is 4. The zero-order valence-corrected chi connectivity index (χ0v) is 74.3. The minimum atomic E-state index is -3.20. The number of fused-ring (bicyclic) bond motifs is 4. The monoisotopic (exact) mass is 1810 g/mol. The number of anilines is 8. The fourth-order valence-corrected chi connectivity index (χ4v) is 12.1. The summed E-state index contributed by atoms with van der Waals surface area (Å²) in [4.78, 5) is 74.5. The summed E-state index contributed by atoms with van der Waals surface area (Å²) in [6, 6.07) is 10.4. The van der Waals surface area contributed by atoms with Crippen LogP contribution in [-0.4, -0.2) is 171 Å². The summed E-state index contributed by atoms with van der Waals surface area (Å²) in [5, 5.41) is 51.3. The van der Waals surface area contributed by atoms with Crippen molar-refractivity contribution in [1.29, 1.82) is 21.0 Å². The highest BCUT2D eigenvalue weighted by atomic mass is 19.1. The second-order valence-electron chi connectivity index (χ2n) is 29.3. The summed E-state index contributed by atoms with van der Waals surface area (Å²) >= 11 is 0. The highest BCUT2D eigenvalue weighted by molar-refractivity contribution is 6.03. The minimum Gasteiger partial charge on any atom is -0.494 e. The zero-order valence-electron chi connectivity index (χ0n) is 103. The number of ketones is 4. The van der Waals surface area contributed by atoms with E-state index in [1.807, 2.05) is 24.3 Å². The SMILES string of the molecule is [2H]/C(=C\C([2H])([2H])N(C)C)C(=O)Cc1cc2c(Nc3c([2H])c([2H])c(F)c(C)c3[2H])c(C#N)cnc2cc1OC([2H])([2H])C.[2H]/C(=C\C([2H])([2H])N(C)C)C(=O)Cc1cc2c(Nc3c([2H])c([2H])c(F)c(C)c3[2H])c(C#N)cnc2cc1OCC.[2H]/C(=C\CN(C)C)C(=O)Cc1cc2c(Nc3c([2H])c([2H])c(F)c(C)c3[2H])c(C#N)cnc2cc1OC([2H])([2H])C.[2H]/C(=C\CN(C)C)C(=O)Cc1cc2c(Nc3c([2H])c([2H])c(F)c(C)c3[2H])c(C#N)cnc2cc1OC([2H])([2H])C([2H])([2H])[2H]. The molecule has 0 amide bonds. The summed E-state index contributed by atoms with van der Waals surface area (Å²) in [5.41, 5.74) is 0.131. The van der Waals surface area contributed by atoms with Gasteiger partial charge in [0.25, 0.3) is 0 Å². The van der Waals surface area contributed by atoms with Crippen LogP contribution in [0.15, 0.2) is 194 Å². The Bertz CT molecular complexity index is 8070. The highest BCUT2D eigenvalue weighted by Gasteiger charge is 2.23. The van der Waals surface area contributed by atoms with E-state index in [0.29, 0.717) is 28.8 Å². The van der Waals surface area contributed by atoms with Crippen LogP contribution in [0.25, 0.3) is 43.6 Å². The number of pyridine rings is 4. The van der Waals surface area contributed by atoms with E-state index < -0.39 is 171 Å². The number of halogens is 4. The maximum atomic E-state index is 14.3. The van der Waals surface area contributed by atoms with Crippen LogP contribution in [-0.2, 0) is 44.9 Å². The summed E-state index contributed by atoms with van der Waals surface area (Å²) in [6.07, 6.45) is 7.77. The van der Waals surface area contributed by atoms with E-state index in [-0.39, 0.29) is 207 Å². The minimum absolute atomic E-state index is 0.0109. The topological polar surface area (TPSA) is 313 Å². The average molecular weight is 1820 g/mol. The van der Waals surface area contributed by atoms with Crippen molar-refractivity contribution in [2.24, 2.45) is 0 Å². The molecule has 28 heteroatoms. The summed E-state index contributed by atoms with van der Waals surface area (Å²) < 4.78 is 311. The number of carbonyl (C=O) groups is 4. The van der Waals surface area contributed by atoms with E-state index in [4.69, 9.17) is 58.7 Å². The quantitative estimate of drug-likeness (QED) is 0.0209. The van der Waals surface area contributed by atoms with Crippen LogP contribution in [0.5, 0.6) is 23.0 Å². The van der Waals surface area contributed by atoms with Crippen LogP contribution in [0.3, 0.4) is 0 Å². The van der Waals surface area contributed by atoms with Gasteiger partial charge in [-0.15, -0.1) is 0 Å². The zero-order chi connectivity index (χ0) is 121. The molecule has 0 aliphatic heterocycles. The molecule has 4 N–H and O–H groups in total. The lowest BCUT2D eigenvalue weighted by Gasteiger charge is -2.15. The van der Waals surface area contributed by atoms with E-state index in [2.05, 4.69) is 41.2 Å². The molecule has 0 fully saturated rings. The first-order chi connectivity index (χ1) is 74.6. The van der Waals surface area contributed by atoms with Crippen molar-refractivity contribution < 1.29 is 95.4 Å². The van der Waals surface area contributed by atoms with Crippen molar-refractivity contribution in [1.82, 2.24) is 39.5 Å². The standard InChI is InChI=1S/4C26H27FN4O2/c4*1-5-33-25-14-24-22(13-18(25)12-21(32)7-6-10-31(3)4)26(19(15-28)16-29-24)30-20-8-9-23(27)17(2)11-20/h4*6-9,11,13-14,16H,5,10,12H2,1-4H3,(H,29,30)/b4*7-6+/i5D2,7D,8D,9D,10D2,11D;1D3,5D2,7D,8D,9D,11D;7D,8D,9D,10D2,11D;5D2,7D,8D,9D,11D. The molecule has 8 aromatic carbocycles. The number of hydrogen-bond donors (Lipinski definition) is 4. The smallest absolute Gasteiger partial charge is 0.159 e. The van der Waals surface area contributed by atoms with Gasteiger partial charge >= 0.3 is 0 Å². The molecule has 132 heavy (non-hydrogen) atoms. The Morgan fingerprint density at radius 1 is 0.394 bits per heavy atom. The van der Waals surface area contributed by atoms with Crippen molar-refractivity contribution in [3.05, 3.63) is 284 Å². The molecule has 0 unspecified atom stereocenters. The maximum Gasteiger partial charge on any atom is 0.159 e. The number of nitrogens with zero attached hydrogens (tertiary/aromatic N) is 12. The molecule has 0 saturated heterocycles. The van der Waals surface area contributed by atoms with E-state index in [1.54, 1.807) is 51.0 Å². The van der Waals surface area contributed by atoms with Crippen LogP contribution >= 0.6 is 0 Å². The van der Waals surface area contributed by atoms with Gasteiger partial charge in [-0.05, 0) is 255 Å². The number of nitriles is 4. The number of carbonyl (C=O) groups excluding carboxylic acids is 4. The first kappa shape index (κ1) is 66.3. The molecule has 0 saturated carbocycles. The van der Waals surface area contributed by atoms with Gasteiger partial charge in [0.2, 0.25) is 0 Å². The van der Waals surface area contributed by atoms with Crippen LogP contribution in [0.4, 0.5) is 63.1 Å². The third-order valence-corrected chi connectivity index (χ3v) is 18.3. The van der Waals surface area contributed by atoms with E-state index in [0.717, 1.165) is 25.3 Å². The molecule has 24 nitrogen and oxygen atoms in total. The van der Waals surface area contributed by atoms with Crippen LogP contribution in [0.1, 0.15) is 134 Å². The third-order valence-electron chi connectivity index (χ3n) is 18.3. The van der Waals surface area contributed by atoms with E-state index >= 15 is 0 Å². The first-order valence-corrected chi connectivity index (χ1v) is 39.9. The lowest BCUT2D eigenvalue weighted by atomic mass is 10.0. The second-order valence-corrected chi connectivity index (χ2v) is 29.3. The van der Waals surface area contributed by atoms with Gasteiger partial charge in [0.15, 0.2) is 23.1 Å². The predicted molar refractivity (Wildman–Crippen MR) is 514 cm³/mol. The molecule has 0 aliphatic carbocycles. The highest BCUT2D eigenvalue weighted by Crippen LogP contribution is 2.40. The molecule has 0 bridgehead atoms. The van der Waals surface area contributed by atoms with Crippen molar-refractivity contribution in [3.8, 4) is 47.3 Å². The number of benzene rings is 8. The third kappa shape index (κ3) is 28.5. The summed E-state index contributed by atoms with van der Waals surface area (Å²) in [5.74, 6) is -6.83. The van der Waals surface area contributed by atoms with Crippen molar-refractivity contribution in [3.63, 3.8) is 0 Å². The molecule has 680 valence electrons. The Labute approximate surface area is 808 Å². The Hall–Kier alpha value is -15.0. The number of ether oxygens (including phenoxy) is 4. The largest absolute Gasteiger partial charge is 0.494 e. The Morgan fingerprint density at radius 3 is 0.871 bits per heavy atom. The molecule has 0 atom stereocenters. The van der Waals surface area contributed by atoms with Gasteiger partial charge in [0.05, 0.1) is 124 Å². The molecule has 4 heterocycles. The molecule has 0 radical (unpaired) electrons. The Morgan fingerprint density at radius 2 is 0.644 bits per heavy atom.